The Bertz CT molecular complexity index is 549. The zero-order chi connectivity index (χ0) is 15.6. The van der Waals surface area contributed by atoms with Crippen LogP contribution in [-0.2, 0) is 16.1 Å². The quantitative estimate of drug-likeness (QED) is 0.887. The summed E-state index contributed by atoms with van der Waals surface area (Å²) in [5.74, 6) is -1.45. The third-order valence-electron chi connectivity index (χ3n) is 3.76. The Balaban J connectivity index is 2.32. The van der Waals surface area contributed by atoms with Gasteiger partial charge in [0.15, 0.2) is 0 Å². The van der Waals surface area contributed by atoms with Crippen LogP contribution in [0.15, 0.2) is 24.3 Å². The van der Waals surface area contributed by atoms with E-state index in [0.29, 0.717) is 6.54 Å². The number of carbonyl (C=O) groups excluding carboxylic acids is 1. The summed E-state index contributed by atoms with van der Waals surface area (Å²) >= 11 is 0. The number of rotatable bonds is 3. The van der Waals surface area contributed by atoms with E-state index in [1.54, 1.807) is 0 Å². The molecule has 1 atom stereocenters. The fraction of sp³-hybridized carbons (Fsp3) is 0.500. The van der Waals surface area contributed by atoms with Gasteiger partial charge >= 0.3 is 5.97 Å². The molecule has 114 valence electrons. The second-order valence-electron chi connectivity index (χ2n) is 6.37. The molecule has 0 bridgehead atoms. The second-order valence-corrected chi connectivity index (χ2v) is 6.37. The van der Waals surface area contributed by atoms with Gasteiger partial charge in [-0.25, -0.2) is 0 Å². The fourth-order valence-electron chi connectivity index (χ4n) is 2.69. The highest BCUT2D eigenvalue weighted by atomic mass is 16.4. The van der Waals surface area contributed by atoms with Crippen LogP contribution in [0.2, 0.25) is 0 Å². The van der Waals surface area contributed by atoms with Gasteiger partial charge in [-0.05, 0) is 31.9 Å². The number of amides is 1. The van der Waals surface area contributed by atoms with Crippen LogP contribution in [-0.4, -0.2) is 40.5 Å². The van der Waals surface area contributed by atoms with Gasteiger partial charge in [-0.1, -0.05) is 24.3 Å². The zero-order valence-electron chi connectivity index (χ0n) is 12.7. The Morgan fingerprint density at radius 1 is 1.33 bits per heavy atom. The van der Waals surface area contributed by atoms with Crippen molar-refractivity contribution in [2.45, 2.75) is 38.8 Å². The lowest BCUT2D eigenvalue weighted by atomic mass is 9.88. The average Bonchev–Trinajstić information content (AvgIpc) is 2.42. The summed E-state index contributed by atoms with van der Waals surface area (Å²) in [4.78, 5) is 25.4. The van der Waals surface area contributed by atoms with E-state index in [4.69, 9.17) is 5.11 Å². The standard InChI is InChI=1S/C16H22N2O3/c1-16(2,3)18(10-14(19)20)15(21)13-9-17-8-11-6-4-5-7-12(11)13/h4-7,13,17H,8-10H2,1-3H3,(H,19,20). The van der Waals surface area contributed by atoms with Crippen molar-refractivity contribution in [3.05, 3.63) is 35.4 Å². The summed E-state index contributed by atoms with van der Waals surface area (Å²) in [6.45, 7) is 6.58. The van der Waals surface area contributed by atoms with Crippen LogP contribution in [0.3, 0.4) is 0 Å². The molecule has 0 fully saturated rings. The summed E-state index contributed by atoms with van der Waals surface area (Å²) in [7, 11) is 0. The minimum atomic E-state index is -0.990. The Morgan fingerprint density at radius 3 is 2.62 bits per heavy atom. The van der Waals surface area contributed by atoms with E-state index in [1.807, 2.05) is 45.0 Å². The normalized spacial score (nSPS) is 18.0. The molecule has 1 unspecified atom stereocenters. The van der Waals surface area contributed by atoms with Crippen molar-refractivity contribution in [1.29, 1.82) is 0 Å². The van der Waals surface area contributed by atoms with Gasteiger partial charge in [-0.15, -0.1) is 0 Å². The van der Waals surface area contributed by atoms with Crippen molar-refractivity contribution in [2.75, 3.05) is 13.1 Å². The number of benzene rings is 1. The molecule has 2 N–H and O–H groups in total. The maximum atomic E-state index is 12.9. The SMILES string of the molecule is CC(C)(C)N(CC(=O)O)C(=O)C1CNCc2ccccc21. The molecule has 1 aromatic rings. The molecule has 1 amide bonds. The number of hydrogen-bond acceptors (Lipinski definition) is 3. The molecule has 0 radical (unpaired) electrons. The first kappa shape index (κ1) is 15.5. The molecule has 0 saturated heterocycles. The summed E-state index contributed by atoms with van der Waals surface area (Å²) in [6, 6.07) is 7.83. The van der Waals surface area contributed by atoms with Gasteiger partial charge < -0.3 is 15.3 Å². The summed E-state index contributed by atoms with van der Waals surface area (Å²) < 4.78 is 0. The number of carboxylic acid groups (broad SMARTS) is 1. The molecule has 1 aliphatic rings. The van der Waals surface area contributed by atoms with Gasteiger partial charge in [0.2, 0.25) is 5.91 Å². The van der Waals surface area contributed by atoms with E-state index in [1.165, 1.54) is 4.90 Å². The minimum absolute atomic E-state index is 0.135. The molecule has 5 nitrogen and oxygen atoms in total. The van der Waals surface area contributed by atoms with Crippen LogP contribution >= 0.6 is 0 Å². The minimum Gasteiger partial charge on any atom is -0.480 e. The summed E-state index contributed by atoms with van der Waals surface area (Å²) in [5, 5.41) is 12.3. The van der Waals surface area contributed by atoms with Crippen LogP contribution in [0.4, 0.5) is 0 Å². The monoisotopic (exact) mass is 290 g/mol. The Labute approximate surface area is 125 Å². The molecule has 2 rings (SSSR count). The number of aliphatic carboxylic acids is 1. The maximum absolute atomic E-state index is 12.9. The zero-order valence-corrected chi connectivity index (χ0v) is 12.7. The predicted octanol–water partition coefficient (Wildman–Crippen LogP) is 1.59. The van der Waals surface area contributed by atoms with E-state index in [0.717, 1.165) is 17.7 Å². The molecular formula is C16H22N2O3. The lowest BCUT2D eigenvalue weighted by Gasteiger charge is -2.38. The maximum Gasteiger partial charge on any atom is 0.323 e. The summed E-state index contributed by atoms with van der Waals surface area (Å²) in [6.07, 6.45) is 0. The smallest absolute Gasteiger partial charge is 0.323 e. The first-order valence-electron chi connectivity index (χ1n) is 7.12. The van der Waals surface area contributed by atoms with E-state index in [-0.39, 0.29) is 18.4 Å². The van der Waals surface area contributed by atoms with Gasteiger partial charge in [-0.3, -0.25) is 9.59 Å². The molecule has 0 aromatic heterocycles. The largest absolute Gasteiger partial charge is 0.480 e. The molecule has 1 aromatic carbocycles. The van der Waals surface area contributed by atoms with E-state index < -0.39 is 11.5 Å². The topological polar surface area (TPSA) is 69.6 Å². The van der Waals surface area contributed by atoms with Gasteiger partial charge in [-0.2, -0.15) is 0 Å². The number of hydrogen-bond donors (Lipinski definition) is 2. The van der Waals surface area contributed by atoms with Crippen molar-refractivity contribution in [3.63, 3.8) is 0 Å². The Hall–Kier alpha value is -1.88. The molecule has 0 spiro atoms. The van der Waals surface area contributed by atoms with Crippen molar-refractivity contribution < 1.29 is 14.7 Å². The summed E-state index contributed by atoms with van der Waals surface area (Å²) in [5.41, 5.74) is 1.58. The molecule has 0 aliphatic carbocycles. The van der Waals surface area contributed by atoms with Gasteiger partial charge in [0.25, 0.3) is 0 Å². The lowest BCUT2D eigenvalue weighted by molar-refractivity contribution is -0.149. The predicted molar refractivity (Wildman–Crippen MR) is 80.0 cm³/mol. The second kappa shape index (κ2) is 5.85. The fourth-order valence-corrected chi connectivity index (χ4v) is 2.69. The van der Waals surface area contributed by atoms with E-state index in [9.17, 15) is 9.59 Å². The highest BCUT2D eigenvalue weighted by molar-refractivity contribution is 5.88. The molecule has 1 heterocycles. The first-order valence-corrected chi connectivity index (χ1v) is 7.12. The van der Waals surface area contributed by atoms with Gasteiger partial charge in [0.05, 0.1) is 5.92 Å². The van der Waals surface area contributed by atoms with Crippen LogP contribution in [0.25, 0.3) is 0 Å². The number of carbonyl (C=O) groups is 2. The highest BCUT2D eigenvalue weighted by Crippen LogP contribution is 2.28. The lowest BCUT2D eigenvalue weighted by Crippen LogP contribution is -2.52. The van der Waals surface area contributed by atoms with Crippen molar-refractivity contribution in [2.24, 2.45) is 0 Å². The molecule has 0 saturated carbocycles. The number of fused-ring (bicyclic) bond motifs is 1. The van der Waals surface area contributed by atoms with Gasteiger partial charge in [0, 0.05) is 18.6 Å². The van der Waals surface area contributed by atoms with Crippen molar-refractivity contribution >= 4 is 11.9 Å². The van der Waals surface area contributed by atoms with Crippen LogP contribution < -0.4 is 5.32 Å². The third-order valence-corrected chi connectivity index (χ3v) is 3.76. The van der Waals surface area contributed by atoms with Crippen LogP contribution in [0.5, 0.6) is 0 Å². The van der Waals surface area contributed by atoms with Gasteiger partial charge in [0.1, 0.15) is 6.54 Å². The van der Waals surface area contributed by atoms with Crippen LogP contribution in [0.1, 0.15) is 37.8 Å². The Kier molecular flexibility index (Phi) is 4.32. The molecule has 21 heavy (non-hydrogen) atoms. The van der Waals surface area contributed by atoms with E-state index in [2.05, 4.69) is 5.32 Å². The van der Waals surface area contributed by atoms with Crippen molar-refractivity contribution in [1.82, 2.24) is 10.2 Å². The number of nitrogens with zero attached hydrogens (tertiary/aromatic N) is 1. The molecule has 1 aliphatic heterocycles. The number of carboxylic acids is 1. The first-order chi connectivity index (χ1) is 9.80. The van der Waals surface area contributed by atoms with E-state index >= 15 is 0 Å². The highest BCUT2D eigenvalue weighted by Gasteiger charge is 2.35. The molecular weight excluding hydrogens is 268 g/mol. The molecule has 5 heteroatoms. The number of nitrogens with one attached hydrogen (secondary N) is 1. The average molecular weight is 290 g/mol. The third kappa shape index (κ3) is 3.42. The Morgan fingerprint density at radius 2 is 2.00 bits per heavy atom. The van der Waals surface area contributed by atoms with Crippen molar-refractivity contribution in [3.8, 4) is 0 Å². The van der Waals surface area contributed by atoms with Crippen LogP contribution in [0, 0.1) is 0 Å².